The molecule has 1 saturated carbocycles. The number of likely N-dealkylation sites (N-methyl/N-ethyl adjacent to an activating group) is 1. The lowest BCUT2D eigenvalue weighted by Gasteiger charge is -2.36. The van der Waals surface area contributed by atoms with Gasteiger partial charge in [-0.15, -0.1) is 0 Å². The molecule has 11 nitrogen and oxygen atoms in total. The van der Waals surface area contributed by atoms with Crippen LogP contribution >= 0.6 is 7.60 Å². The number of alkyl halides is 2. The van der Waals surface area contributed by atoms with Crippen molar-refractivity contribution in [2.45, 2.75) is 56.3 Å². The predicted octanol–water partition coefficient (Wildman–Crippen LogP) is 4.15. The number of carbonyl (C=O) groups is 3. The monoisotopic (exact) mass is 647 g/mol. The number of imidazole rings is 1. The van der Waals surface area contributed by atoms with Gasteiger partial charge in [-0.2, -0.15) is 8.78 Å². The van der Waals surface area contributed by atoms with Gasteiger partial charge >= 0.3 is 13.3 Å². The summed E-state index contributed by atoms with van der Waals surface area (Å²) < 4.78 is 40.2. The summed E-state index contributed by atoms with van der Waals surface area (Å²) in [6.45, 7) is 5.37. The van der Waals surface area contributed by atoms with E-state index in [1.165, 1.54) is 56.4 Å². The van der Waals surface area contributed by atoms with Crippen molar-refractivity contribution < 1.29 is 37.5 Å². The van der Waals surface area contributed by atoms with Gasteiger partial charge in [-0.05, 0) is 80.0 Å². The van der Waals surface area contributed by atoms with E-state index < -0.39 is 24.7 Å². The van der Waals surface area contributed by atoms with E-state index in [0.717, 1.165) is 50.0 Å². The van der Waals surface area contributed by atoms with Crippen LogP contribution < -0.4 is 5.73 Å². The largest absolute Gasteiger partial charge is 0.399 e. The van der Waals surface area contributed by atoms with Gasteiger partial charge in [0.05, 0.1) is 12.4 Å². The molecule has 3 saturated heterocycles. The van der Waals surface area contributed by atoms with Gasteiger partial charge in [-0.3, -0.25) is 14.2 Å². The lowest BCUT2D eigenvalue weighted by molar-refractivity contribution is -0.132. The van der Waals surface area contributed by atoms with Crippen molar-refractivity contribution in [2.75, 3.05) is 26.7 Å². The third-order valence-electron chi connectivity index (χ3n) is 8.90. The second-order valence-electron chi connectivity index (χ2n) is 12.0. The van der Waals surface area contributed by atoms with Crippen LogP contribution in [0.3, 0.4) is 0 Å². The number of aromatic nitrogens is 2. The third-order valence-corrected chi connectivity index (χ3v) is 9.89. The molecule has 4 fully saturated rings. The van der Waals surface area contributed by atoms with E-state index in [9.17, 15) is 22.9 Å². The molecule has 2 amide bonds. The number of hydrogen-bond donors (Lipinski definition) is 3. The van der Waals surface area contributed by atoms with Gasteiger partial charge in [0.15, 0.2) is 0 Å². The number of halogens is 2. The number of amides is 2. The maximum atomic E-state index is 13.6. The first-order valence-corrected chi connectivity index (χ1v) is 16.5. The van der Waals surface area contributed by atoms with E-state index in [1.54, 1.807) is 0 Å². The second-order valence-corrected chi connectivity index (χ2v) is 13.7. The van der Waals surface area contributed by atoms with E-state index >= 15 is 0 Å². The Balaban J connectivity index is 0.000000158. The average Bonchev–Trinajstić information content (AvgIpc) is 3.32. The summed E-state index contributed by atoms with van der Waals surface area (Å²) in [7, 11) is -3.49. The van der Waals surface area contributed by atoms with Crippen molar-refractivity contribution in [1.82, 2.24) is 19.4 Å². The maximum Gasteiger partial charge on any atom is 0.399 e. The standard InChI is InChI=1S/C12H10F2NO4P.C11H17NO.C7H11N3.CH2O/c13-12(14,20(17,18)19)10-4-3-7-1-2-8(11(15)16)5-9(7)6-10;13-11-4-3-8-6-9(8)7-10-2-1-5-12(10)11;1-9-4-7(5-9)10-3-2-8-6-10;1-2/h1-6H,(H2,15,16)(H2,17,18,19);8-10H,1-7H2;2-3,6-7H,4-5H2,1H3;1H2. The minimum absolute atomic E-state index is 0.120. The second kappa shape index (κ2) is 14.3. The van der Waals surface area contributed by atoms with Gasteiger partial charge in [-0.25, -0.2) is 4.98 Å². The number of fused-ring (bicyclic) bond motifs is 3. The summed E-state index contributed by atoms with van der Waals surface area (Å²) in [5.74, 6) is 1.62. The molecular formula is C31H40F2N5O6P. The molecule has 3 aromatic rings. The third kappa shape index (κ3) is 8.21. The first-order chi connectivity index (χ1) is 21.3. The molecule has 7 rings (SSSR count). The van der Waals surface area contributed by atoms with Crippen molar-refractivity contribution in [3.63, 3.8) is 0 Å². The highest BCUT2D eigenvalue weighted by molar-refractivity contribution is 7.52. The van der Waals surface area contributed by atoms with Crippen LogP contribution in [0.2, 0.25) is 0 Å². The molecule has 4 aliphatic rings. The van der Waals surface area contributed by atoms with E-state index in [0.29, 0.717) is 23.4 Å². The number of benzene rings is 2. The molecule has 0 spiro atoms. The van der Waals surface area contributed by atoms with E-state index in [4.69, 9.17) is 20.3 Å². The Morgan fingerprint density at radius 2 is 1.76 bits per heavy atom. The number of likely N-dealkylation sites (tertiary alicyclic amines) is 1. The van der Waals surface area contributed by atoms with Gasteiger partial charge in [0.25, 0.3) is 0 Å². The fourth-order valence-corrected chi connectivity index (χ4v) is 6.73. The topological polar surface area (TPSA) is 159 Å². The molecule has 4 N–H and O–H groups in total. The van der Waals surface area contributed by atoms with E-state index in [2.05, 4.69) is 26.4 Å². The molecule has 1 aliphatic carbocycles. The van der Waals surface area contributed by atoms with Crippen molar-refractivity contribution in [1.29, 1.82) is 0 Å². The van der Waals surface area contributed by atoms with Crippen molar-refractivity contribution in [3.8, 4) is 0 Å². The molecule has 45 heavy (non-hydrogen) atoms. The molecule has 244 valence electrons. The Labute approximate surface area is 260 Å². The predicted molar refractivity (Wildman–Crippen MR) is 164 cm³/mol. The minimum atomic E-state index is -5.62. The Morgan fingerprint density at radius 1 is 1.04 bits per heavy atom. The fraction of sp³-hybridized carbons (Fsp3) is 0.484. The molecule has 14 heteroatoms. The molecule has 4 heterocycles. The zero-order valence-corrected chi connectivity index (χ0v) is 26.1. The highest BCUT2D eigenvalue weighted by atomic mass is 31.2. The molecule has 3 unspecified atom stereocenters. The highest BCUT2D eigenvalue weighted by Gasteiger charge is 2.50. The first-order valence-electron chi connectivity index (χ1n) is 14.9. The summed E-state index contributed by atoms with van der Waals surface area (Å²) in [6, 6.07) is 8.69. The lowest BCUT2D eigenvalue weighted by atomic mass is 10.0. The molecule has 3 atom stereocenters. The average molecular weight is 648 g/mol. The maximum absolute atomic E-state index is 13.6. The molecule has 0 radical (unpaired) electrons. The number of rotatable bonds is 4. The number of carbonyl (C=O) groups excluding carboxylic acids is 3. The number of nitrogens with zero attached hydrogens (tertiary/aromatic N) is 4. The lowest BCUT2D eigenvalue weighted by Crippen LogP contribution is -2.44. The Hall–Kier alpha value is -3.51. The normalized spacial score (nSPS) is 22.9. The van der Waals surface area contributed by atoms with Crippen LogP contribution in [-0.4, -0.2) is 80.5 Å². The van der Waals surface area contributed by atoms with Gasteiger partial charge in [0, 0.05) is 55.6 Å². The Kier molecular flexibility index (Phi) is 10.9. The smallest absolute Gasteiger partial charge is 0.366 e. The number of hydrogen-bond acceptors (Lipinski definition) is 6. The molecule has 1 aromatic heterocycles. The van der Waals surface area contributed by atoms with Crippen LogP contribution in [0.15, 0.2) is 55.1 Å². The highest BCUT2D eigenvalue weighted by Crippen LogP contribution is 2.59. The van der Waals surface area contributed by atoms with Gasteiger partial charge < -0.3 is 34.7 Å². The molecule has 2 aromatic carbocycles. The Bertz CT molecular complexity index is 1530. The van der Waals surface area contributed by atoms with Crippen LogP contribution in [0.5, 0.6) is 0 Å². The quantitative estimate of drug-likeness (QED) is 0.357. The van der Waals surface area contributed by atoms with Crippen LogP contribution in [0, 0.1) is 11.8 Å². The van der Waals surface area contributed by atoms with E-state index in [-0.39, 0.29) is 10.9 Å². The van der Waals surface area contributed by atoms with Crippen molar-refractivity contribution in [3.05, 3.63) is 66.2 Å². The van der Waals surface area contributed by atoms with Crippen LogP contribution in [0.1, 0.15) is 60.5 Å². The zero-order valence-electron chi connectivity index (χ0n) is 25.2. The first kappa shape index (κ1) is 34.4. The summed E-state index contributed by atoms with van der Waals surface area (Å²) in [4.78, 5) is 56.6. The number of primary amides is 1. The van der Waals surface area contributed by atoms with E-state index in [1.807, 2.05) is 25.5 Å². The summed E-state index contributed by atoms with van der Waals surface area (Å²) in [5.41, 5.74) is 0.0986. The van der Waals surface area contributed by atoms with Gasteiger partial charge in [0.1, 0.15) is 6.79 Å². The SMILES string of the molecule is C=O.CN1CC(n2ccnc2)C1.NC(=O)c1ccc2ccc(C(F)(F)P(=O)(O)O)cc2c1.O=C1CCC2CC2CC2CCCN12. The minimum Gasteiger partial charge on any atom is -0.366 e. The molecule has 0 bridgehead atoms. The van der Waals surface area contributed by atoms with Crippen LogP contribution in [0.25, 0.3) is 10.8 Å². The van der Waals surface area contributed by atoms with Crippen LogP contribution in [0.4, 0.5) is 8.78 Å². The number of nitrogens with two attached hydrogens (primary N) is 1. The molecular weight excluding hydrogens is 607 g/mol. The molecule has 3 aliphatic heterocycles. The summed E-state index contributed by atoms with van der Waals surface area (Å²) >= 11 is 0. The van der Waals surface area contributed by atoms with Gasteiger partial charge in [0.2, 0.25) is 11.8 Å². The summed E-state index contributed by atoms with van der Waals surface area (Å²) in [6.07, 6.45) is 13.0. The van der Waals surface area contributed by atoms with Gasteiger partial charge in [-0.1, -0.05) is 18.2 Å². The summed E-state index contributed by atoms with van der Waals surface area (Å²) in [5, 5.41) is 0.784. The Morgan fingerprint density at radius 3 is 2.38 bits per heavy atom. The van der Waals surface area contributed by atoms with Crippen LogP contribution in [-0.2, 0) is 19.8 Å². The van der Waals surface area contributed by atoms with Crippen molar-refractivity contribution >= 4 is 37.0 Å². The zero-order chi connectivity index (χ0) is 32.9. The van der Waals surface area contributed by atoms with Crippen molar-refractivity contribution in [2.24, 2.45) is 17.6 Å². The fourth-order valence-electron chi connectivity index (χ4n) is 6.26.